The van der Waals surface area contributed by atoms with E-state index in [0.717, 1.165) is 10.2 Å². The van der Waals surface area contributed by atoms with Gasteiger partial charge in [-0.3, -0.25) is 14.2 Å². The number of hydrogen-bond donors (Lipinski definition) is 1. The van der Waals surface area contributed by atoms with Gasteiger partial charge in [-0.05, 0) is 50.6 Å². The van der Waals surface area contributed by atoms with Gasteiger partial charge in [0.1, 0.15) is 5.75 Å². The molecule has 1 heterocycles. The summed E-state index contributed by atoms with van der Waals surface area (Å²) in [5, 5.41) is 2.89. The maximum absolute atomic E-state index is 12.6. The number of nitrogens with one attached hydrogen (secondary N) is 1. The van der Waals surface area contributed by atoms with Crippen LogP contribution in [0.3, 0.4) is 0 Å². The summed E-state index contributed by atoms with van der Waals surface area (Å²) >= 11 is 1.19. The number of amides is 1. The summed E-state index contributed by atoms with van der Waals surface area (Å²) in [4.78, 5) is 24.7. The second kappa shape index (κ2) is 7.74. The van der Waals surface area contributed by atoms with E-state index in [1.54, 1.807) is 4.57 Å². The number of carbonyl (C=O) groups is 1. The topological polar surface area (TPSA) is 60.3 Å². The third-order valence-corrected chi connectivity index (χ3v) is 5.00. The van der Waals surface area contributed by atoms with Gasteiger partial charge in [-0.25, -0.2) is 0 Å². The predicted octanol–water partition coefficient (Wildman–Crippen LogP) is 4.44. The number of hydrogen-bond acceptors (Lipinski definition) is 4. The Kier molecular flexibility index (Phi) is 5.42. The van der Waals surface area contributed by atoms with Crippen LogP contribution in [0.5, 0.6) is 5.75 Å². The molecule has 26 heavy (non-hydrogen) atoms. The van der Waals surface area contributed by atoms with Gasteiger partial charge < -0.3 is 10.1 Å². The van der Waals surface area contributed by atoms with Gasteiger partial charge in [-0.1, -0.05) is 36.5 Å². The van der Waals surface area contributed by atoms with E-state index >= 15 is 0 Å². The number of nitrogens with zero attached hydrogens (tertiary/aromatic N) is 1. The molecule has 0 saturated heterocycles. The van der Waals surface area contributed by atoms with Gasteiger partial charge in [0, 0.05) is 11.7 Å². The highest BCUT2D eigenvalue weighted by Gasteiger charge is 2.19. The van der Waals surface area contributed by atoms with Crippen molar-refractivity contribution in [1.29, 1.82) is 0 Å². The Morgan fingerprint density at radius 3 is 2.58 bits per heavy atom. The maximum Gasteiger partial charge on any atom is 0.308 e. The molecule has 0 fully saturated rings. The zero-order chi connectivity index (χ0) is 18.7. The molecule has 1 aromatic heterocycles. The minimum absolute atomic E-state index is 0.0114. The van der Waals surface area contributed by atoms with Crippen molar-refractivity contribution in [2.75, 3.05) is 5.32 Å². The number of thiazole rings is 1. The first kappa shape index (κ1) is 18.2. The summed E-state index contributed by atoms with van der Waals surface area (Å²) < 4.78 is 8.40. The quantitative estimate of drug-likeness (QED) is 0.698. The van der Waals surface area contributed by atoms with Gasteiger partial charge in [0.2, 0.25) is 0 Å². The first-order valence-corrected chi connectivity index (χ1v) is 9.49. The second-order valence-electron chi connectivity index (χ2n) is 6.33. The molecule has 5 nitrogen and oxygen atoms in total. The molecule has 0 radical (unpaired) electrons. The molecular weight excluding hydrogens is 348 g/mol. The lowest BCUT2D eigenvalue weighted by Gasteiger charge is -2.17. The molecule has 2 aromatic carbocycles. The van der Waals surface area contributed by atoms with Crippen molar-refractivity contribution >= 4 is 33.1 Å². The Bertz CT molecular complexity index is 960. The number of fused-ring (bicyclic) bond motifs is 1. The third-order valence-electron chi connectivity index (χ3n) is 4.08. The van der Waals surface area contributed by atoms with Crippen molar-refractivity contribution in [2.24, 2.45) is 0 Å². The fraction of sp³-hybridized carbons (Fsp3) is 0.300. The van der Waals surface area contributed by atoms with E-state index in [4.69, 9.17) is 4.74 Å². The van der Waals surface area contributed by atoms with Crippen LogP contribution >= 0.6 is 11.3 Å². The SMILES string of the molecule is CCC(Oc1ccccc1)C(=O)Nc1ccc2c(c1)sc(=O)n2C(C)C. The molecule has 0 spiro atoms. The molecule has 0 bridgehead atoms. The van der Waals surface area contributed by atoms with Gasteiger partial charge in [0.05, 0.1) is 10.2 Å². The fourth-order valence-electron chi connectivity index (χ4n) is 2.81. The van der Waals surface area contributed by atoms with E-state index in [-0.39, 0.29) is 16.8 Å². The lowest BCUT2D eigenvalue weighted by molar-refractivity contribution is -0.122. The van der Waals surface area contributed by atoms with Crippen molar-refractivity contribution in [3.8, 4) is 5.75 Å². The Hall–Kier alpha value is -2.60. The highest BCUT2D eigenvalue weighted by Crippen LogP contribution is 2.24. The minimum atomic E-state index is -0.577. The van der Waals surface area contributed by atoms with E-state index in [1.807, 2.05) is 69.3 Å². The van der Waals surface area contributed by atoms with Crippen molar-refractivity contribution in [3.63, 3.8) is 0 Å². The number of benzene rings is 2. The van der Waals surface area contributed by atoms with E-state index in [2.05, 4.69) is 5.32 Å². The Morgan fingerprint density at radius 2 is 1.92 bits per heavy atom. The standard InChI is InChI=1S/C20H22N2O3S/c1-4-17(25-15-8-6-5-7-9-15)19(23)21-14-10-11-16-18(12-14)26-20(24)22(16)13(2)3/h5-13,17H,4H2,1-3H3,(H,21,23). The molecule has 1 atom stereocenters. The molecule has 1 N–H and O–H groups in total. The molecule has 1 amide bonds. The average molecular weight is 370 g/mol. The number of carbonyl (C=O) groups excluding carboxylic acids is 1. The van der Waals surface area contributed by atoms with Crippen LogP contribution in [0.15, 0.2) is 53.3 Å². The lowest BCUT2D eigenvalue weighted by Crippen LogP contribution is -2.32. The highest BCUT2D eigenvalue weighted by atomic mass is 32.1. The zero-order valence-electron chi connectivity index (χ0n) is 15.1. The molecule has 0 aliphatic carbocycles. The molecule has 0 aliphatic heterocycles. The van der Waals surface area contributed by atoms with E-state index in [0.29, 0.717) is 17.9 Å². The van der Waals surface area contributed by atoms with Gasteiger partial charge in [-0.2, -0.15) is 0 Å². The van der Waals surface area contributed by atoms with Gasteiger partial charge >= 0.3 is 4.87 Å². The molecule has 136 valence electrons. The molecule has 3 aromatic rings. The second-order valence-corrected chi connectivity index (χ2v) is 7.32. The third kappa shape index (κ3) is 3.80. The van der Waals surface area contributed by atoms with Crippen LogP contribution in [0.4, 0.5) is 5.69 Å². The summed E-state index contributed by atoms with van der Waals surface area (Å²) in [6.45, 7) is 5.87. The van der Waals surface area contributed by atoms with Crippen LogP contribution in [0.2, 0.25) is 0 Å². The van der Waals surface area contributed by atoms with E-state index < -0.39 is 6.10 Å². The number of rotatable bonds is 6. The molecular formula is C20H22N2O3S. The van der Waals surface area contributed by atoms with Crippen LogP contribution in [0.25, 0.3) is 10.2 Å². The highest BCUT2D eigenvalue weighted by molar-refractivity contribution is 7.16. The molecule has 0 saturated carbocycles. The molecule has 1 unspecified atom stereocenters. The Labute approximate surface area is 156 Å². The van der Waals surface area contributed by atoms with E-state index in [1.165, 1.54) is 11.3 Å². The van der Waals surface area contributed by atoms with Crippen molar-refractivity contribution in [1.82, 2.24) is 4.57 Å². The number of para-hydroxylation sites is 1. The van der Waals surface area contributed by atoms with Crippen LogP contribution in [0, 0.1) is 0 Å². The maximum atomic E-state index is 12.6. The van der Waals surface area contributed by atoms with Crippen LogP contribution in [0.1, 0.15) is 33.2 Å². The lowest BCUT2D eigenvalue weighted by atomic mass is 10.2. The van der Waals surface area contributed by atoms with Crippen molar-refractivity contribution in [3.05, 3.63) is 58.2 Å². The number of ether oxygens (including phenoxy) is 1. The summed E-state index contributed by atoms with van der Waals surface area (Å²) in [6.07, 6.45) is -0.0212. The Morgan fingerprint density at radius 1 is 1.19 bits per heavy atom. The monoisotopic (exact) mass is 370 g/mol. The van der Waals surface area contributed by atoms with Crippen molar-refractivity contribution < 1.29 is 9.53 Å². The molecule has 6 heteroatoms. The van der Waals surface area contributed by atoms with Gasteiger partial charge in [-0.15, -0.1) is 0 Å². The average Bonchev–Trinajstić information content (AvgIpc) is 2.95. The zero-order valence-corrected chi connectivity index (χ0v) is 15.9. The predicted molar refractivity (Wildman–Crippen MR) is 106 cm³/mol. The van der Waals surface area contributed by atoms with Crippen LogP contribution in [-0.4, -0.2) is 16.6 Å². The summed E-state index contributed by atoms with van der Waals surface area (Å²) in [5.41, 5.74) is 1.55. The molecule has 3 rings (SSSR count). The fourth-order valence-corrected chi connectivity index (χ4v) is 3.86. The minimum Gasteiger partial charge on any atom is -0.481 e. The largest absolute Gasteiger partial charge is 0.481 e. The van der Waals surface area contributed by atoms with Crippen LogP contribution < -0.4 is 14.9 Å². The van der Waals surface area contributed by atoms with Crippen LogP contribution in [-0.2, 0) is 4.79 Å². The number of aromatic nitrogens is 1. The molecule has 0 aliphatic rings. The van der Waals surface area contributed by atoms with Gasteiger partial charge in [0.25, 0.3) is 5.91 Å². The first-order chi connectivity index (χ1) is 12.5. The summed E-state index contributed by atoms with van der Waals surface area (Å²) in [6, 6.07) is 14.9. The van der Waals surface area contributed by atoms with Crippen molar-refractivity contribution in [2.45, 2.75) is 39.3 Å². The first-order valence-electron chi connectivity index (χ1n) is 8.67. The van der Waals surface area contributed by atoms with Gasteiger partial charge in [0.15, 0.2) is 6.10 Å². The smallest absolute Gasteiger partial charge is 0.308 e. The van der Waals surface area contributed by atoms with E-state index in [9.17, 15) is 9.59 Å². The Balaban J connectivity index is 1.79. The normalized spacial score (nSPS) is 12.3. The summed E-state index contributed by atoms with van der Waals surface area (Å²) in [5.74, 6) is 0.462. The summed E-state index contributed by atoms with van der Waals surface area (Å²) in [7, 11) is 0. The number of anilines is 1.